The van der Waals surface area contributed by atoms with Crippen LogP contribution in [-0.4, -0.2) is 17.0 Å². The Kier molecular flexibility index (Phi) is 5.76. The molecule has 0 fully saturated rings. The van der Waals surface area contributed by atoms with Crippen molar-refractivity contribution >= 4 is 28.6 Å². The van der Waals surface area contributed by atoms with Crippen molar-refractivity contribution in [2.45, 2.75) is 46.3 Å². The smallest absolute Gasteiger partial charge is 0.192 e. The number of rotatable bonds is 5. The molecule has 0 radical (unpaired) electrons. The second-order valence-electron chi connectivity index (χ2n) is 5.20. The molecule has 0 saturated carbocycles. The summed E-state index contributed by atoms with van der Waals surface area (Å²) in [6, 6.07) is 4.79. The lowest BCUT2D eigenvalue weighted by Crippen LogP contribution is -2.42. The molecule has 4 nitrogen and oxygen atoms in total. The summed E-state index contributed by atoms with van der Waals surface area (Å²) >= 11 is 3.42. The molecule has 2 N–H and O–H groups in total. The average Bonchev–Trinajstić information content (AvgIpc) is 3.06. The summed E-state index contributed by atoms with van der Waals surface area (Å²) in [6.07, 6.45) is 0. The summed E-state index contributed by atoms with van der Waals surface area (Å²) in [4.78, 5) is 10.4. The van der Waals surface area contributed by atoms with Crippen LogP contribution in [-0.2, 0) is 6.54 Å². The number of nitrogens with zero attached hydrogens (tertiary/aromatic N) is 2. The van der Waals surface area contributed by atoms with Gasteiger partial charge in [-0.25, -0.2) is 9.98 Å². The van der Waals surface area contributed by atoms with E-state index in [0.29, 0.717) is 12.6 Å². The zero-order chi connectivity index (χ0) is 15.2. The molecule has 2 heterocycles. The van der Waals surface area contributed by atoms with Gasteiger partial charge in [-0.2, -0.15) is 0 Å². The van der Waals surface area contributed by atoms with Crippen molar-refractivity contribution < 1.29 is 0 Å². The molecule has 2 aromatic rings. The van der Waals surface area contributed by atoms with Crippen LogP contribution in [0.25, 0.3) is 0 Å². The van der Waals surface area contributed by atoms with Crippen molar-refractivity contribution in [3.05, 3.63) is 38.5 Å². The zero-order valence-corrected chi connectivity index (χ0v) is 14.5. The molecule has 0 saturated heterocycles. The largest absolute Gasteiger partial charge is 0.354 e. The lowest BCUT2D eigenvalue weighted by Gasteiger charge is -2.19. The van der Waals surface area contributed by atoms with Crippen LogP contribution in [0.1, 0.15) is 42.4 Å². The first-order valence-corrected chi connectivity index (χ1v) is 8.82. The topological polar surface area (TPSA) is 49.3 Å². The predicted molar refractivity (Wildman–Crippen MR) is 92.1 cm³/mol. The summed E-state index contributed by atoms with van der Waals surface area (Å²) < 4.78 is 0. The molecule has 1 atom stereocenters. The highest BCUT2D eigenvalue weighted by Gasteiger charge is 2.10. The Morgan fingerprint density at radius 3 is 2.67 bits per heavy atom. The van der Waals surface area contributed by atoms with Crippen molar-refractivity contribution in [3.8, 4) is 0 Å². The molecule has 21 heavy (non-hydrogen) atoms. The third-order valence-electron chi connectivity index (χ3n) is 2.81. The third kappa shape index (κ3) is 5.13. The second-order valence-corrected chi connectivity index (χ2v) is 7.24. The maximum atomic E-state index is 4.64. The molecule has 0 bridgehead atoms. The molecule has 2 aromatic heterocycles. The molecule has 6 heteroatoms. The van der Waals surface area contributed by atoms with Gasteiger partial charge in [-0.15, -0.1) is 22.7 Å². The molecule has 114 valence electrons. The number of thiophene rings is 1. The van der Waals surface area contributed by atoms with Gasteiger partial charge in [0.25, 0.3) is 0 Å². The normalized spacial score (nSPS) is 13.5. The van der Waals surface area contributed by atoms with E-state index in [4.69, 9.17) is 0 Å². The highest BCUT2D eigenvalue weighted by molar-refractivity contribution is 7.10. The first-order valence-electron chi connectivity index (χ1n) is 7.06. The number of hydrogen-bond acceptors (Lipinski definition) is 4. The van der Waals surface area contributed by atoms with Gasteiger partial charge in [0, 0.05) is 16.3 Å². The Labute approximate surface area is 134 Å². The lowest BCUT2D eigenvalue weighted by atomic mass is 10.3. The van der Waals surface area contributed by atoms with E-state index in [1.165, 1.54) is 4.88 Å². The summed E-state index contributed by atoms with van der Waals surface area (Å²) in [5.41, 5.74) is 1.02. The number of aryl methyl sites for hydroxylation is 1. The summed E-state index contributed by atoms with van der Waals surface area (Å²) in [7, 11) is 0. The number of thiazole rings is 1. The number of nitrogens with one attached hydrogen (secondary N) is 2. The van der Waals surface area contributed by atoms with Gasteiger partial charge in [0.15, 0.2) is 5.96 Å². The maximum Gasteiger partial charge on any atom is 0.192 e. The third-order valence-corrected chi connectivity index (χ3v) is 4.69. The van der Waals surface area contributed by atoms with Gasteiger partial charge in [-0.1, -0.05) is 6.07 Å². The highest BCUT2D eigenvalue weighted by atomic mass is 32.1. The molecule has 0 spiro atoms. The first-order chi connectivity index (χ1) is 10.0. The zero-order valence-electron chi connectivity index (χ0n) is 12.9. The van der Waals surface area contributed by atoms with Crippen LogP contribution in [0.4, 0.5) is 0 Å². The fourth-order valence-corrected chi connectivity index (χ4v) is 3.20. The van der Waals surface area contributed by atoms with E-state index in [9.17, 15) is 0 Å². The standard InChI is InChI=1S/C15H22N4S2/c1-10(2)17-15(16-8-13-9-21-12(4)19-13)18-11(3)14-6-5-7-20-14/h5-7,9-11H,8H2,1-4H3,(H2,16,17,18)/t11-/m0/s1. The lowest BCUT2D eigenvalue weighted by molar-refractivity contribution is 0.652. The Balaban J connectivity index is 2.03. The average molecular weight is 323 g/mol. The monoisotopic (exact) mass is 322 g/mol. The van der Waals surface area contributed by atoms with E-state index in [1.807, 2.05) is 6.92 Å². The van der Waals surface area contributed by atoms with Crippen LogP contribution >= 0.6 is 22.7 Å². The van der Waals surface area contributed by atoms with Gasteiger partial charge < -0.3 is 10.6 Å². The van der Waals surface area contributed by atoms with E-state index in [2.05, 4.69) is 64.3 Å². The van der Waals surface area contributed by atoms with Crippen LogP contribution in [0.3, 0.4) is 0 Å². The molecule has 0 aliphatic heterocycles. The van der Waals surface area contributed by atoms with Crippen LogP contribution in [0, 0.1) is 6.92 Å². The molecule has 0 aromatic carbocycles. The molecule has 0 aliphatic rings. The minimum absolute atomic E-state index is 0.243. The van der Waals surface area contributed by atoms with Crippen molar-refractivity contribution in [2.24, 2.45) is 4.99 Å². The quantitative estimate of drug-likeness (QED) is 0.651. The van der Waals surface area contributed by atoms with Gasteiger partial charge in [-0.05, 0) is 39.1 Å². The summed E-state index contributed by atoms with van der Waals surface area (Å²) in [6.45, 7) is 8.99. The van der Waals surface area contributed by atoms with E-state index >= 15 is 0 Å². The van der Waals surface area contributed by atoms with Gasteiger partial charge >= 0.3 is 0 Å². The second kappa shape index (κ2) is 7.56. The van der Waals surface area contributed by atoms with E-state index in [1.54, 1.807) is 22.7 Å². The van der Waals surface area contributed by atoms with Gasteiger partial charge in [0.2, 0.25) is 0 Å². The molecular weight excluding hydrogens is 300 g/mol. The number of aliphatic imine (C=N–C) groups is 1. The Morgan fingerprint density at radius 1 is 1.29 bits per heavy atom. The van der Waals surface area contributed by atoms with Crippen LogP contribution in [0.5, 0.6) is 0 Å². The van der Waals surface area contributed by atoms with Gasteiger partial charge in [-0.3, -0.25) is 0 Å². The SMILES string of the molecule is Cc1nc(CN=C(NC(C)C)N[C@@H](C)c2cccs2)cs1. The Hall–Kier alpha value is -1.40. The van der Waals surface area contributed by atoms with E-state index in [-0.39, 0.29) is 6.04 Å². The number of hydrogen-bond donors (Lipinski definition) is 2. The van der Waals surface area contributed by atoms with Crippen molar-refractivity contribution in [3.63, 3.8) is 0 Å². The minimum Gasteiger partial charge on any atom is -0.354 e. The van der Waals surface area contributed by atoms with Crippen LogP contribution in [0.15, 0.2) is 27.9 Å². The molecule has 0 amide bonds. The van der Waals surface area contributed by atoms with Crippen LogP contribution in [0.2, 0.25) is 0 Å². The predicted octanol–water partition coefficient (Wildman–Crippen LogP) is 3.72. The molecular formula is C15H22N4S2. The Bertz CT molecular complexity index is 572. The minimum atomic E-state index is 0.243. The maximum absolute atomic E-state index is 4.64. The fourth-order valence-electron chi connectivity index (χ4n) is 1.86. The van der Waals surface area contributed by atoms with Gasteiger partial charge in [0.1, 0.15) is 0 Å². The van der Waals surface area contributed by atoms with Crippen molar-refractivity contribution in [1.82, 2.24) is 15.6 Å². The first kappa shape index (κ1) is 16.0. The van der Waals surface area contributed by atoms with Crippen molar-refractivity contribution in [2.75, 3.05) is 0 Å². The van der Waals surface area contributed by atoms with E-state index < -0.39 is 0 Å². The Morgan fingerprint density at radius 2 is 2.10 bits per heavy atom. The number of aromatic nitrogens is 1. The highest BCUT2D eigenvalue weighted by Crippen LogP contribution is 2.18. The molecule has 0 unspecified atom stereocenters. The number of guanidine groups is 1. The van der Waals surface area contributed by atoms with E-state index in [0.717, 1.165) is 16.7 Å². The molecule has 2 rings (SSSR count). The van der Waals surface area contributed by atoms with Gasteiger partial charge in [0.05, 0.1) is 23.3 Å². The fraction of sp³-hybridized carbons (Fsp3) is 0.467. The summed E-state index contributed by atoms with van der Waals surface area (Å²) in [5.74, 6) is 0.830. The molecule has 0 aliphatic carbocycles. The summed E-state index contributed by atoms with van der Waals surface area (Å²) in [5, 5.41) is 12.1. The van der Waals surface area contributed by atoms with Crippen molar-refractivity contribution in [1.29, 1.82) is 0 Å². The van der Waals surface area contributed by atoms with Crippen LogP contribution < -0.4 is 10.6 Å².